The minimum Gasteiger partial charge on any atom is -0.376 e. The Morgan fingerprint density at radius 3 is 2.69 bits per heavy atom. The maximum Gasteiger partial charge on any atom is 0.412 e. The van der Waals surface area contributed by atoms with Crippen LogP contribution < -0.4 is 11.1 Å². The standard InChI is InChI=1S/C10H8N2O4/c11-10(15)16-9(14)7-5-3-1-2-4-6(5)12-8(7)13/h1-4,7H,(H2,11,15)(H,12,13). The highest BCUT2D eigenvalue weighted by molar-refractivity contribution is 6.16. The Bertz CT molecular complexity index is 483. The Labute approximate surface area is 90.4 Å². The van der Waals surface area contributed by atoms with Crippen molar-refractivity contribution in [1.29, 1.82) is 0 Å². The van der Waals surface area contributed by atoms with Crippen LogP contribution in [0.1, 0.15) is 11.5 Å². The van der Waals surface area contributed by atoms with Crippen LogP contribution in [0.15, 0.2) is 24.3 Å². The molecule has 1 aliphatic rings. The second-order valence-corrected chi connectivity index (χ2v) is 3.25. The third-order valence-corrected chi connectivity index (χ3v) is 2.23. The topological polar surface area (TPSA) is 98.5 Å². The largest absolute Gasteiger partial charge is 0.412 e. The molecule has 0 fully saturated rings. The first-order valence-electron chi connectivity index (χ1n) is 4.50. The number of hydrogen-bond donors (Lipinski definition) is 2. The molecule has 6 nitrogen and oxygen atoms in total. The predicted molar refractivity (Wildman–Crippen MR) is 53.5 cm³/mol. The quantitative estimate of drug-likeness (QED) is 0.526. The van der Waals surface area contributed by atoms with Gasteiger partial charge in [0.05, 0.1) is 0 Å². The number of amides is 2. The summed E-state index contributed by atoms with van der Waals surface area (Å²) in [6.45, 7) is 0. The average molecular weight is 220 g/mol. The second-order valence-electron chi connectivity index (χ2n) is 3.25. The molecule has 0 saturated heterocycles. The molecule has 0 spiro atoms. The summed E-state index contributed by atoms with van der Waals surface area (Å²) in [5, 5.41) is 2.51. The van der Waals surface area contributed by atoms with Crippen LogP contribution in [0.2, 0.25) is 0 Å². The molecule has 1 atom stereocenters. The highest BCUT2D eigenvalue weighted by Gasteiger charge is 2.38. The van der Waals surface area contributed by atoms with Crippen molar-refractivity contribution >= 4 is 23.7 Å². The van der Waals surface area contributed by atoms with Crippen LogP contribution in [0.25, 0.3) is 0 Å². The van der Waals surface area contributed by atoms with Crippen molar-refractivity contribution in [3.05, 3.63) is 29.8 Å². The van der Waals surface area contributed by atoms with E-state index in [2.05, 4.69) is 10.1 Å². The van der Waals surface area contributed by atoms with E-state index < -0.39 is 23.9 Å². The van der Waals surface area contributed by atoms with Gasteiger partial charge < -0.3 is 15.8 Å². The summed E-state index contributed by atoms with van der Waals surface area (Å²) in [6.07, 6.45) is -1.22. The van der Waals surface area contributed by atoms with Gasteiger partial charge in [0.2, 0.25) is 5.91 Å². The summed E-state index contributed by atoms with van der Waals surface area (Å²) in [5.41, 5.74) is 5.74. The maximum atomic E-state index is 11.5. The van der Waals surface area contributed by atoms with Gasteiger partial charge in [-0.2, -0.15) is 0 Å². The number of para-hydroxylation sites is 1. The summed E-state index contributed by atoms with van der Waals surface area (Å²) in [6, 6.07) is 6.68. The van der Waals surface area contributed by atoms with Crippen molar-refractivity contribution in [3.63, 3.8) is 0 Å². The van der Waals surface area contributed by atoms with Gasteiger partial charge in [-0.15, -0.1) is 0 Å². The summed E-state index contributed by atoms with van der Waals surface area (Å²) < 4.78 is 4.20. The van der Waals surface area contributed by atoms with Gasteiger partial charge >= 0.3 is 12.1 Å². The number of hydrogen-bond acceptors (Lipinski definition) is 4. The van der Waals surface area contributed by atoms with Crippen LogP contribution in [0.3, 0.4) is 0 Å². The molecule has 2 amide bonds. The van der Waals surface area contributed by atoms with E-state index in [0.29, 0.717) is 11.3 Å². The van der Waals surface area contributed by atoms with Gasteiger partial charge in [-0.25, -0.2) is 4.79 Å². The molecule has 1 aliphatic heterocycles. The first-order valence-corrected chi connectivity index (χ1v) is 4.50. The molecule has 3 N–H and O–H groups in total. The number of esters is 1. The van der Waals surface area contributed by atoms with E-state index in [1.165, 1.54) is 0 Å². The molecule has 1 unspecified atom stereocenters. The molecule has 0 aliphatic carbocycles. The van der Waals surface area contributed by atoms with Gasteiger partial charge in [-0.3, -0.25) is 9.59 Å². The lowest BCUT2D eigenvalue weighted by Gasteiger charge is -2.05. The molecular weight excluding hydrogens is 212 g/mol. The fourth-order valence-corrected chi connectivity index (χ4v) is 1.60. The van der Waals surface area contributed by atoms with Gasteiger partial charge in [0.1, 0.15) is 0 Å². The SMILES string of the molecule is NC(=O)OC(=O)C1C(=O)Nc2ccccc21. The minimum absolute atomic E-state index is 0.485. The molecule has 2 rings (SSSR count). The molecule has 0 radical (unpaired) electrons. The molecular formula is C10H8N2O4. The molecule has 16 heavy (non-hydrogen) atoms. The Morgan fingerprint density at radius 2 is 2.00 bits per heavy atom. The number of fused-ring (bicyclic) bond motifs is 1. The number of primary amides is 1. The highest BCUT2D eigenvalue weighted by Crippen LogP contribution is 2.32. The average Bonchev–Trinajstić information content (AvgIpc) is 2.52. The lowest BCUT2D eigenvalue weighted by Crippen LogP contribution is -2.27. The van der Waals surface area contributed by atoms with Crippen molar-refractivity contribution in [3.8, 4) is 0 Å². The fourth-order valence-electron chi connectivity index (χ4n) is 1.60. The van der Waals surface area contributed by atoms with E-state index in [-0.39, 0.29) is 0 Å². The molecule has 0 bridgehead atoms. The molecule has 1 aromatic rings. The Kier molecular flexibility index (Phi) is 2.32. The molecule has 0 aromatic heterocycles. The van der Waals surface area contributed by atoms with Crippen molar-refractivity contribution in [2.75, 3.05) is 5.32 Å². The summed E-state index contributed by atoms with van der Waals surface area (Å²) in [7, 11) is 0. The predicted octanol–water partition coefficient (Wildman–Crippen LogP) is 0.344. The van der Waals surface area contributed by atoms with E-state index in [9.17, 15) is 14.4 Å². The third-order valence-electron chi connectivity index (χ3n) is 2.23. The highest BCUT2D eigenvalue weighted by atomic mass is 16.6. The number of nitrogens with two attached hydrogens (primary N) is 1. The Hall–Kier alpha value is -2.37. The lowest BCUT2D eigenvalue weighted by atomic mass is 10.0. The van der Waals surface area contributed by atoms with Gasteiger partial charge in [-0.05, 0) is 11.6 Å². The van der Waals surface area contributed by atoms with Gasteiger partial charge in [0, 0.05) is 5.69 Å². The summed E-state index contributed by atoms with van der Waals surface area (Å²) in [4.78, 5) is 33.4. The van der Waals surface area contributed by atoms with E-state index in [1.807, 2.05) is 0 Å². The third kappa shape index (κ3) is 1.60. The zero-order valence-electron chi connectivity index (χ0n) is 8.10. The monoisotopic (exact) mass is 220 g/mol. The van der Waals surface area contributed by atoms with E-state index >= 15 is 0 Å². The van der Waals surface area contributed by atoms with Gasteiger partial charge in [-0.1, -0.05) is 18.2 Å². The Morgan fingerprint density at radius 1 is 1.31 bits per heavy atom. The van der Waals surface area contributed by atoms with Gasteiger partial charge in [0.15, 0.2) is 5.92 Å². The number of benzene rings is 1. The number of carbonyl (C=O) groups is 3. The number of anilines is 1. The smallest absolute Gasteiger partial charge is 0.376 e. The number of carbonyl (C=O) groups excluding carboxylic acids is 3. The van der Waals surface area contributed by atoms with E-state index in [4.69, 9.17) is 5.73 Å². The van der Waals surface area contributed by atoms with E-state index in [1.54, 1.807) is 24.3 Å². The number of nitrogens with one attached hydrogen (secondary N) is 1. The molecule has 6 heteroatoms. The first kappa shape index (κ1) is 10.2. The second kappa shape index (κ2) is 3.65. The normalized spacial score (nSPS) is 17.5. The van der Waals surface area contributed by atoms with Crippen LogP contribution in [0, 0.1) is 0 Å². The summed E-state index contributed by atoms with van der Waals surface area (Å²) >= 11 is 0. The van der Waals surface area contributed by atoms with Crippen LogP contribution >= 0.6 is 0 Å². The zero-order chi connectivity index (χ0) is 11.7. The van der Waals surface area contributed by atoms with Crippen molar-refractivity contribution in [1.82, 2.24) is 0 Å². The van der Waals surface area contributed by atoms with Crippen LogP contribution in [-0.2, 0) is 14.3 Å². The zero-order valence-corrected chi connectivity index (χ0v) is 8.10. The first-order chi connectivity index (χ1) is 7.59. The molecule has 0 saturated carbocycles. The van der Waals surface area contributed by atoms with Gasteiger partial charge in [0.25, 0.3) is 0 Å². The van der Waals surface area contributed by atoms with Crippen LogP contribution in [0.5, 0.6) is 0 Å². The van der Waals surface area contributed by atoms with E-state index in [0.717, 1.165) is 0 Å². The minimum atomic E-state index is -1.22. The van der Waals surface area contributed by atoms with Crippen molar-refractivity contribution in [2.24, 2.45) is 5.73 Å². The fraction of sp³-hybridized carbons (Fsp3) is 0.100. The maximum absolute atomic E-state index is 11.5. The lowest BCUT2D eigenvalue weighted by molar-refractivity contribution is -0.141. The van der Waals surface area contributed by atoms with Crippen molar-refractivity contribution < 1.29 is 19.1 Å². The number of ether oxygens (including phenoxy) is 1. The molecule has 1 aromatic carbocycles. The van der Waals surface area contributed by atoms with Crippen LogP contribution in [0.4, 0.5) is 10.5 Å². The van der Waals surface area contributed by atoms with Crippen molar-refractivity contribution in [2.45, 2.75) is 5.92 Å². The van der Waals surface area contributed by atoms with Crippen LogP contribution in [-0.4, -0.2) is 18.0 Å². The summed E-state index contributed by atoms with van der Waals surface area (Å²) in [5.74, 6) is -2.61. The molecule has 1 heterocycles. The number of rotatable bonds is 1. The Balaban J connectivity index is 2.32. The molecule has 82 valence electrons.